The van der Waals surface area contributed by atoms with E-state index in [-0.39, 0.29) is 0 Å². The Hall–Kier alpha value is -1.02. The van der Waals surface area contributed by atoms with Gasteiger partial charge in [0.05, 0.1) is 0 Å². The van der Waals surface area contributed by atoms with E-state index in [9.17, 15) is 5.11 Å². The molecule has 2 N–H and O–H groups in total. The van der Waals surface area contributed by atoms with Crippen molar-refractivity contribution in [3.05, 3.63) is 28.8 Å². The van der Waals surface area contributed by atoms with Crippen LogP contribution in [-0.4, -0.2) is 5.11 Å². The van der Waals surface area contributed by atoms with E-state index < -0.39 is 0 Å². The van der Waals surface area contributed by atoms with E-state index in [4.69, 9.17) is 0 Å². The summed E-state index contributed by atoms with van der Waals surface area (Å²) in [6, 6.07) is 3.72. The van der Waals surface area contributed by atoms with E-state index in [2.05, 4.69) is 12.2 Å². The molecule has 1 aromatic carbocycles. The number of fused-ring (bicyclic) bond motifs is 1. The number of phenols is 1. The second-order valence-corrected chi connectivity index (χ2v) is 2.96. The molecule has 11 heavy (non-hydrogen) atoms. The Labute approximate surface area is 65.9 Å². The van der Waals surface area contributed by atoms with Crippen LogP contribution in [0.2, 0.25) is 0 Å². The van der Waals surface area contributed by atoms with E-state index in [1.54, 1.807) is 6.07 Å². The molecule has 1 aliphatic heterocycles. The van der Waals surface area contributed by atoms with Crippen LogP contribution in [0.15, 0.2) is 12.1 Å². The summed E-state index contributed by atoms with van der Waals surface area (Å²) < 4.78 is 0. The van der Waals surface area contributed by atoms with Crippen molar-refractivity contribution in [2.45, 2.75) is 20.0 Å². The normalized spacial score (nSPS) is 15.0. The average molecular weight is 149 g/mol. The maximum Gasteiger partial charge on any atom is 0.120 e. The number of phenolic OH excluding ortho intramolecular Hbond substituents is 1. The highest BCUT2D eigenvalue weighted by atomic mass is 16.3. The largest absolute Gasteiger partial charge is 0.508 e. The SMILES string of the molecule is Cc1ccc(O)c2c1CNC2. The molecule has 0 atom stereocenters. The lowest BCUT2D eigenvalue weighted by atomic mass is 10.0. The van der Waals surface area contributed by atoms with Crippen LogP contribution in [0.4, 0.5) is 0 Å². The topological polar surface area (TPSA) is 32.3 Å². The number of hydrogen-bond acceptors (Lipinski definition) is 2. The van der Waals surface area contributed by atoms with Crippen molar-refractivity contribution in [1.82, 2.24) is 5.32 Å². The smallest absolute Gasteiger partial charge is 0.120 e. The lowest BCUT2D eigenvalue weighted by Crippen LogP contribution is -2.00. The van der Waals surface area contributed by atoms with Crippen molar-refractivity contribution < 1.29 is 5.11 Å². The summed E-state index contributed by atoms with van der Waals surface area (Å²) in [5.41, 5.74) is 3.61. The van der Waals surface area contributed by atoms with Crippen molar-refractivity contribution in [2.75, 3.05) is 0 Å². The molecule has 58 valence electrons. The molecule has 1 heterocycles. The quantitative estimate of drug-likeness (QED) is 0.582. The molecule has 1 aliphatic rings. The van der Waals surface area contributed by atoms with Gasteiger partial charge in [-0.25, -0.2) is 0 Å². The first-order valence-electron chi connectivity index (χ1n) is 3.80. The molecule has 1 aromatic rings. The Morgan fingerprint density at radius 3 is 2.73 bits per heavy atom. The average Bonchev–Trinajstić information content (AvgIpc) is 2.45. The van der Waals surface area contributed by atoms with Gasteiger partial charge in [0.1, 0.15) is 5.75 Å². The number of benzene rings is 1. The summed E-state index contributed by atoms with van der Waals surface area (Å²) in [6.45, 7) is 3.78. The van der Waals surface area contributed by atoms with Crippen molar-refractivity contribution in [3.63, 3.8) is 0 Å². The van der Waals surface area contributed by atoms with Gasteiger partial charge in [0, 0.05) is 18.7 Å². The van der Waals surface area contributed by atoms with Crippen LogP contribution in [0, 0.1) is 6.92 Å². The minimum Gasteiger partial charge on any atom is -0.508 e. The molecule has 2 rings (SSSR count). The zero-order valence-corrected chi connectivity index (χ0v) is 6.52. The summed E-state index contributed by atoms with van der Waals surface area (Å²) >= 11 is 0. The van der Waals surface area contributed by atoms with Crippen LogP contribution in [0.1, 0.15) is 16.7 Å². The van der Waals surface area contributed by atoms with E-state index in [1.165, 1.54) is 11.1 Å². The third kappa shape index (κ3) is 0.906. The fraction of sp³-hybridized carbons (Fsp3) is 0.333. The maximum absolute atomic E-state index is 9.42. The number of rotatable bonds is 0. The second kappa shape index (κ2) is 2.24. The molecule has 0 unspecified atom stereocenters. The van der Waals surface area contributed by atoms with Crippen LogP contribution in [0.5, 0.6) is 5.75 Å². The lowest BCUT2D eigenvalue weighted by molar-refractivity contribution is 0.468. The van der Waals surface area contributed by atoms with Gasteiger partial charge in [0.25, 0.3) is 0 Å². The molecule has 0 saturated carbocycles. The number of nitrogens with one attached hydrogen (secondary N) is 1. The van der Waals surface area contributed by atoms with E-state index in [0.29, 0.717) is 5.75 Å². The van der Waals surface area contributed by atoms with E-state index >= 15 is 0 Å². The fourth-order valence-electron chi connectivity index (χ4n) is 1.55. The predicted molar refractivity (Wildman–Crippen MR) is 43.4 cm³/mol. The molecule has 0 saturated heterocycles. The van der Waals surface area contributed by atoms with Gasteiger partial charge in [0.2, 0.25) is 0 Å². The Morgan fingerprint density at radius 1 is 1.27 bits per heavy atom. The Morgan fingerprint density at radius 2 is 2.00 bits per heavy atom. The molecule has 0 amide bonds. The third-order valence-corrected chi connectivity index (χ3v) is 2.24. The molecule has 2 heteroatoms. The van der Waals surface area contributed by atoms with Gasteiger partial charge in [-0.05, 0) is 24.1 Å². The molecule has 2 nitrogen and oxygen atoms in total. The van der Waals surface area contributed by atoms with Gasteiger partial charge >= 0.3 is 0 Å². The Bertz CT molecular complexity index is 265. The predicted octanol–water partition coefficient (Wildman–Crippen LogP) is 1.30. The van der Waals surface area contributed by atoms with Crippen molar-refractivity contribution in [1.29, 1.82) is 0 Å². The van der Waals surface area contributed by atoms with Crippen molar-refractivity contribution in [2.24, 2.45) is 0 Å². The third-order valence-electron chi connectivity index (χ3n) is 2.24. The number of aromatic hydroxyl groups is 1. The zero-order valence-electron chi connectivity index (χ0n) is 6.52. The van der Waals surface area contributed by atoms with Crippen LogP contribution in [-0.2, 0) is 13.1 Å². The summed E-state index contributed by atoms with van der Waals surface area (Å²) in [7, 11) is 0. The molecule has 0 bridgehead atoms. The minimum absolute atomic E-state index is 0.426. The van der Waals surface area contributed by atoms with Gasteiger partial charge in [-0.15, -0.1) is 0 Å². The summed E-state index contributed by atoms with van der Waals surface area (Å²) in [5, 5.41) is 12.6. The van der Waals surface area contributed by atoms with E-state index in [0.717, 1.165) is 18.7 Å². The standard InChI is InChI=1S/C9H11NO/c1-6-2-3-9(11)8-5-10-4-7(6)8/h2-3,10-11H,4-5H2,1H3. The molecular weight excluding hydrogens is 138 g/mol. The van der Waals surface area contributed by atoms with Crippen molar-refractivity contribution >= 4 is 0 Å². The fourth-order valence-corrected chi connectivity index (χ4v) is 1.55. The van der Waals surface area contributed by atoms with Crippen molar-refractivity contribution in [3.8, 4) is 5.75 Å². The van der Waals surface area contributed by atoms with Gasteiger partial charge in [-0.2, -0.15) is 0 Å². The molecular formula is C9H11NO. The number of hydrogen-bond donors (Lipinski definition) is 2. The zero-order chi connectivity index (χ0) is 7.84. The van der Waals surface area contributed by atoms with Crippen LogP contribution < -0.4 is 5.32 Å². The molecule has 0 radical (unpaired) electrons. The lowest BCUT2D eigenvalue weighted by Gasteiger charge is -2.03. The first kappa shape index (κ1) is 6.68. The van der Waals surface area contributed by atoms with Crippen LogP contribution in [0.3, 0.4) is 0 Å². The highest BCUT2D eigenvalue weighted by molar-refractivity contribution is 5.45. The molecule has 0 fully saturated rings. The second-order valence-electron chi connectivity index (χ2n) is 2.96. The Kier molecular flexibility index (Phi) is 1.36. The Balaban J connectivity index is 2.64. The van der Waals surface area contributed by atoms with Crippen LogP contribution >= 0.6 is 0 Å². The molecule has 0 spiro atoms. The van der Waals surface area contributed by atoms with Crippen LogP contribution in [0.25, 0.3) is 0 Å². The maximum atomic E-state index is 9.42. The molecule has 0 aromatic heterocycles. The van der Waals surface area contributed by atoms with Gasteiger partial charge in [0.15, 0.2) is 0 Å². The highest BCUT2D eigenvalue weighted by Gasteiger charge is 2.15. The minimum atomic E-state index is 0.426. The highest BCUT2D eigenvalue weighted by Crippen LogP contribution is 2.27. The van der Waals surface area contributed by atoms with E-state index in [1.807, 2.05) is 6.07 Å². The summed E-state index contributed by atoms with van der Waals surface area (Å²) in [5.74, 6) is 0.426. The first-order chi connectivity index (χ1) is 5.29. The summed E-state index contributed by atoms with van der Waals surface area (Å²) in [4.78, 5) is 0. The van der Waals surface area contributed by atoms with Gasteiger partial charge in [-0.3, -0.25) is 0 Å². The first-order valence-corrected chi connectivity index (χ1v) is 3.80. The summed E-state index contributed by atoms with van der Waals surface area (Å²) in [6.07, 6.45) is 0. The molecule has 0 aliphatic carbocycles. The van der Waals surface area contributed by atoms with Gasteiger partial charge in [-0.1, -0.05) is 6.07 Å². The number of aryl methyl sites for hydroxylation is 1. The monoisotopic (exact) mass is 149 g/mol. The van der Waals surface area contributed by atoms with Gasteiger partial charge < -0.3 is 10.4 Å².